The fourth-order valence-corrected chi connectivity index (χ4v) is 2.95. The van der Waals surface area contributed by atoms with Crippen LogP contribution >= 0.6 is 0 Å². The van der Waals surface area contributed by atoms with Crippen LogP contribution < -0.4 is 5.32 Å². The molecule has 1 amide bonds. The van der Waals surface area contributed by atoms with Crippen LogP contribution in [-0.2, 0) is 11.2 Å². The summed E-state index contributed by atoms with van der Waals surface area (Å²) in [6.07, 6.45) is 5.31. The number of hydrogen-bond acceptors (Lipinski definition) is 1. The van der Waals surface area contributed by atoms with Crippen molar-refractivity contribution in [2.45, 2.75) is 25.8 Å². The van der Waals surface area contributed by atoms with Gasteiger partial charge in [0.2, 0.25) is 5.91 Å². The van der Waals surface area contributed by atoms with E-state index in [9.17, 15) is 4.79 Å². The number of hydrogen-bond donors (Lipinski definition) is 1. The molecule has 3 heteroatoms. The lowest BCUT2D eigenvalue weighted by atomic mass is 10.0. The van der Waals surface area contributed by atoms with E-state index in [1.807, 2.05) is 60.9 Å². The standard InChI is InChI=1S/C21H22N2O/c1-2-17-10-6-7-13-19(17)22-21(24)16-20(23-14-8-9-15-23)18-11-4-3-5-12-18/h3-15,20H,2,16H2,1H3,(H,22,24)/t20-/m1/s1. The van der Waals surface area contributed by atoms with E-state index < -0.39 is 0 Å². The van der Waals surface area contributed by atoms with Gasteiger partial charge in [0.1, 0.15) is 0 Å². The van der Waals surface area contributed by atoms with Crippen molar-refractivity contribution < 1.29 is 4.79 Å². The van der Waals surface area contributed by atoms with Gasteiger partial charge in [0.05, 0.1) is 12.5 Å². The van der Waals surface area contributed by atoms with Crippen LogP contribution in [0.2, 0.25) is 0 Å². The zero-order valence-electron chi connectivity index (χ0n) is 13.9. The van der Waals surface area contributed by atoms with Gasteiger partial charge >= 0.3 is 0 Å². The number of benzene rings is 2. The molecule has 0 fully saturated rings. The molecule has 3 aromatic rings. The summed E-state index contributed by atoms with van der Waals surface area (Å²) in [6, 6.07) is 22.1. The van der Waals surface area contributed by atoms with Crippen LogP contribution in [0.25, 0.3) is 0 Å². The Morgan fingerprint density at radius 2 is 1.62 bits per heavy atom. The minimum Gasteiger partial charge on any atom is -0.346 e. The van der Waals surface area contributed by atoms with Crippen molar-refractivity contribution in [2.24, 2.45) is 0 Å². The number of rotatable bonds is 6. The van der Waals surface area contributed by atoms with Crippen LogP contribution in [0.3, 0.4) is 0 Å². The number of nitrogens with zero attached hydrogens (tertiary/aromatic N) is 1. The maximum absolute atomic E-state index is 12.6. The van der Waals surface area contributed by atoms with Gasteiger partial charge in [-0.25, -0.2) is 0 Å². The molecule has 0 radical (unpaired) electrons. The Morgan fingerprint density at radius 3 is 2.33 bits per heavy atom. The Hall–Kier alpha value is -2.81. The Kier molecular flexibility index (Phi) is 5.12. The summed E-state index contributed by atoms with van der Waals surface area (Å²) in [5, 5.41) is 3.07. The Morgan fingerprint density at radius 1 is 0.958 bits per heavy atom. The van der Waals surface area contributed by atoms with E-state index in [4.69, 9.17) is 0 Å². The minimum atomic E-state index is -0.00464. The molecule has 0 bridgehead atoms. The zero-order chi connectivity index (χ0) is 16.8. The molecule has 0 aliphatic heterocycles. The summed E-state index contributed by atoms with van der Waals surface area (Å²) < 4.78 is 2.08. The summed E-state index contributed by atoms with van der Waals surface area (Å²) in [5.74, 6) is 0.0263. The average Bonchev–Trinajstić information content (AvgIpc) is 3.15. The van der Waals surface area contributed by atoms with Crippen LogP contribution in [0.15, 0.2) is 79.1 Å². The lowest BCUT2D eigenvalue weighted by molar-refractivity contribution is -0.116. The van der Waals surface area contributed by atoms with Crippen molar-refractivity contribution in [3.05, 3.63) is 90.3 Å². The van der Waals surface area contributed by atoms with Gasteiger partial charge in [-0.1, -0.05) is 55.5 Å². The van der Waals surface area contributed by atoms with E-state index in [1.54, 1.807) is 0 Å². The van der Waals surface area contributed by atoms with Crippen LogP contribution in [0.5, 0.6) is 0 Å². The van der Waals surface area contributed by atoms with Gasteiger partial charge < -0.3 is 9.88 Å². The van der Waals surface area contributed by atoms with Crippen molar-refractivity contribution >= 4 is 11.6 Å². The maximum Gasteiger partial charge on any atom is 0.226 e. The van der Waals surface area contributed by atoms with Gasteiger partial charge in [0.15, 0.2) is 0 Å². The molecular formula is C21H22N2O. The van der Waals surface area contributed by atoms with Crippen LogP contribution in [0, 0.1) is 0 Å². The van der Waals surface area contributed by atoms with Crippen molar-refractivity contribution in [2.75, 3.05) is 5.32 Å². The number of amides is 1. The molecule has 0 saturated heterocycles. The second-order valence-electron chi connectivity index (χ2n) is 5.82. The molecule has 1 N–H and O–H groups in total. The number of carbonyl (C=O) groups is 1. The second-order valence-corrected chi connectivity index (χ2v) is 5.82. The molecule has 0 spiro atoms. The Labute approximate surface area is 143 Å². The monoisotopic (exact) mass is 318 g/mol. The van der Waals surface area contributed by atoms with Gasteiger partial charge in [0, 0.05) is 18.1 Å². The Bertz CT molecular complexity index is 779. The van der Waals surface area contributed by atoms with Crippen molar-refractivity contribution in [1.82, 2.24) is 4.57 Å². The minimum absolute atomic E-state index is 0.00464. The number of anilines is 1. The van der Waals surface area contributed by atoms with Crippen molar-refractivity contribution in [3.63, 3.8) is 0 Å². The van der Waals surface area contributed by atoms with Crippen LogP contribution in [0.1, 0.15) is 30.5 Å². The lowest BCUT2D eigenvalue weighted by Gasteiger charge is -2.20. The SMILES string of the molecule is CCc1ccccc1NC(=O)C[C@H](c1ccccc1)n1cccc1. The topological polar surface area (TPSA) is 34.0 Å². The highest BCUT2D eigenvalue weighted by molar-refractivity contribution is 5.92. The molecule has 122 valence electrons. The van der Waals surface area contributed by atoms with Gasteiger partial charge in [-0.05, 0) is 35.7 Å². The molecule has 3 nitrogen and oxygen atoms in total. The smallest absolute Gasteiger partial charge is 0.226 e. The summed E-state index contributed by atoms with van der Waals surface area (Å²) >= 11 is 0. The third-order valence-corrected chi connectivity index (χ3v) is 4.22. The Balaban J connectivity index is 1.79. The summed E-state index contributed by atoms with van der Waals surface area (Å²) in [4.78, 5) is 12.6. The molecular weight excluding hydrogens is 296 g/mol. The fourth-order valence-electron chi connectivity index (χ4n) is 2.95. The fraction of sp³-hybridized carbons (Fsp3) is 0.190. The first-order valence-electron chi connectivity index (χ1n) is 8.33. The summed E-state index contributed by atoms with van der Waals surface area (Å²) in [5.41, 5.74) is 3.19. The van der Waals surface area contributed by atoms with Gasteiger partial charge in [-0.15, -0.1) is 0 Å². The first-order chi connectivity index (χ1) is 11.8. The highest BCUT2D eigenvalue weighted by Crippen LogP contribution is 2.23. The van der Waals surface area contributed by atoms with E-state index in [2.05, 4.69) is 35.0 Å². The van der Waals surface area contributed by atoms with Gasteiger partial charge in [-0.3, -0.25) is 4.79 Å². The summed E-state index contributed by atoms with van der Waals surface area (Å²) in [6.45, 7) is 2.09. The van der Waals surface area contributed by atoms with Crippen LogP contribution in [-0.4, -0.2) is 10.5 Å². The number of para-hydroxylation sites is 1. The molecule has 24 heavy (non-hydrogen) atoms. The largest absolute Gasteiger partial charge is 0.346 e. The predicted molar refractivity (Wildman–Crippen MR) is 98.1 cm³/mol. The first kappa shape index (κ1) is 16.1. The second kappa shape index (κ2) is 7.64. The molecule has 0 saturated carbocycles. The third kappa shape index (κ3) is 3.74. The molecule has 1 heterocycles. The van der Waals surface area contributed by atoms with Gasteiger partial charge in [0.25, 0.3) is 0 Å². The van der Waals surface area contributed by atoms with E-state index in [1.165, 1.54) is 0 Å². The molecule has 2 aromatic carbocycles. The zero-order valence-corrected chi connectivity index (χ0v) is 13.9. The molecule has 3 rings (SSSR count). The number of aryl methyl sites for hydroxylation is 1. The molecule has 1 aromatic heterocycles. The molecule has 0 aliphatic rings. The van der Waals surface area contributed by atoms with Crippen molar-refractivity contribution in [1.29, 1.82) is 0 Å². The van der Waals surface area contributed by atoms with E-state index in [0.29, 0.717) is 6.42 Å². The highest BCUT2D eigenvalue weighted by atomic mass is 16.1. The predicted octanol–water partition coefficient (Wildman–Crippen LogP) is 4.67. The highest BCUT2D eigenvalue weighted by Gasteiger charge is 2.17. The molecule has 0 aliphatic carbocycles. The quantitative estimate of drug-likeness (QED) is 0.704. The van der Waals surface area contributed by atoms with Gasteiger partial charge in [-0.2, -0.15) is 0 Å². The molecule has 0 unspecified atom stereocenters. The molecule has 1 atom stereocenters. The van der Waals surface area contributed by atoms with E-state index in [-0.39, 0.29) is 11.9 Å². The average molecular weight is 318 g/mol. The third-order valence-electron chi connectivity index (χ3n) is 4.22. The number of carbonyl (C=O) groups excluding carboxylic acids is 1. The number of nitrogens with one attached hydrogen (secondary N) is 1. The number of aromatic nitrogens is 1. The normalized spacial score (nSPS) is 11.9. The van der Waals surface area contributed by atoms with Crippen LogP contribution in [0.4, 0.5) is 5.69 Å². The first-order valence-corrected chi connectivity index (χ1v) is 8.33. The maximum atomic E-state index is 12.6. The van der Waals surface area contributed by atoms with Crippen molar-refractivity contribution in [3.8, 4) is 0 Å². The summed E-state index contributed by atoms with van der Waals surface area (Å²) in [7, 11) is 0. The lowest BCUT2D eigenvalue weighted by Crippen LogP contribution is -2.20. The van der Waals surface area contributed by atoms with E-state index in [0.717, 1.165) is 23.2 Å². The van der Waals surface area contributed by atoms with E-state index >= 15 is 0 Å².